The van der Waals surface area contributed by atoms with E-state index in [1.54, 1.807) is 12.3 Å². The average Bonchev–Trinajstić information content (AvgIpc) is 2.46. The molecule has 1 aromatic heterocycles. The number of amides is 1. The summed E-state index contributed by atoms with van der Waals surface area (Å²) in [4.78, 5) is 18.6. The first-order valence-electron chi connectivity index (χ1n) is 6.75. The van der Waals surface area contributed by atoms with E-state index in [4.69, 9.17) is 0 Å². The zero-order valence-electron chi connectivity index (χ0n) is 10.9. The molecular formula is C14H21N3O. The van der Waals surface area contributed by atoms with Gasteiger partial charge in [0.25, 0.3) is 5.91 Å². The van der Waals surface area contributed by atoms with E-state index in [0.717, 1.165) is 38.9 Å². The number of rotatable bonds is 4. The molecule has 1 amide bonds. The van der Waals surface area contributed by atoms with Gasteiger partial charge in [0.1, 0.15) is 5.69 Å². The van der Waals surface area contributed by atoms with Gasteiger partial charge >= 0.3 is 0 Å². The molecule has 1 N–H and O–H groups in total. The third-order valence-corrected chi connectivity index (χ3v) is 3.32. The number of nitrogens with zero attached hydrogens (tertiary/aromatic N) is 2. The Labute approximate surface area is 108 Å². The highest BCUT2D eigenvalue weighted by Crippen LogP contribution is 2.14. The van der Waals surface area contributed by atoms with Gasteiger partial charge in [-0.3, -0.25) is 9.78 Å². The minimum atomic E-state index is 0.0613. The van der Waals surface area contributed by atoms with Gasteiger partial charge in [0.2, 0.25) is 0 Å². The summed E-state index contributed by atoms with van der Waals surface area (Å²) in [5, 5.41) is 3.37. The predicted octanol–water partition coefficient (Wildman–Crippen LogP) is 1.69. The van der Waals surface area contributed by atoms with Crippen LogP contribution in [0, 0.1) is 0 Å². The molecule has 0 saturated carbocycles. The number of pyridine rings is 1. The van der Waals surface area contributed by atoms with Crippen LogP contribution in [0.5, 0.6) is 0 Å². The maximum absolute atomic E-state index is 12.5. The van der Waals surface area contributed by atoms with Crippen LogP contribution in [0.25, 0.3) is 0 Å². The van der Waals surface area contributed by atoms with Crippen LogP contribution in [0.3, 0.4) is 0 Å². The van der Waals surface area contributed by atoms with Crippen LogP contribution in [-0.2, 0) is 0 Å². The smallest absolute Gasteiger partial charge is 0.272 e. The Balaban J connectivity index is 2.11. The Morgan fingerprint density at radius 1 is 1.56 bits per heavy atom. The van der Waals surface area contributed by atoms with Gasteiger partial charge in [0.05, 0.1) is 0 Å². The van der Waals surface area contributed by atoms with Gasteiger partial charge in [-0.25, -0.2) is 0 Å². The molecule has 1 saturated heterocycles. The summed E-state index contributed by atoms with van der Waals surface area (Å²) in [5.41, 5.74) is 0.552. The number of hydrogen-bond acceptors (Lipinski definition) is 3. The number of carbonyl (C=O) groups is 1. The standard InChI is InChI=1S/C14H21N3O/c1-2-10-17(12-6-5-8-15-11-12)14(18)13-7-3-4-9-16-13/h3-4,7,9,12,15H,2,5-6,8,10-11H2,1H3. The van der Waals surface area contributed by atoms with Gasteiger partial charge in [-0.15, -0.1) is 0 Å². The van der Waals surface area contributed by atoms with Crippen LogP contribution in [0.1, 0.15) is 36.7 Å². The van der Waals surface area contributed by atoms with Crippen LogP contribution in [0.15, 0.2) is 24.4 Å². The van der Waals surface area contributed by atoms with Crippen molar-refractivity contribution < 1.29 is 4.79 Å². The monoisotopic (exact) mass is 247 g/mol. The highest BCUT2D eigenvalue weighted by Gasteiger charge is 2.25. The fourth-order valence-corrected chi connectivity index (χ4v) is 2.43. The maximum Gasteiger partial charge on any atom is 0.272 e. The molecule has 1 fully saturated rings. The first kappa shape index (κ1) is 13.0. The molecule has 4 heteroatoms. The second-order valence-corrected chi connectivity index (χ2v) is 4.71. The fourth-order valence-electron chi connectivity index (χ4n) is 2.43. The van der Waals surface area contributed by atoms with Crippen LogP contribution in [0.4, 0.5) is 0 Å². The lowest BCUT2D eigenvalue weighted by Crippen LogP contribution is -2.49. The lowest BCUT2D eigenvalue weighted by atomic mass is 10.0. The van der Waals surface area contributed by atoms with Gasteiger partial charge in [-0.2, -0.15) is 0 Å². The molecule has 98 valence electrons. The lowest BCUT2D eigenvalue weighted by Gasteiger charge is -2.34. The van der Waals surface area contributed by atoms with E-state index >= 15 is 0 Å². The third-order valence-electron chi connectivity index (χ3n) is 3.32. The molecule has 0 spiro atoms. The first-order valence-corrected chi connectivity index (χ1v) is 6.75. The topological polar surface area (TPSA) is 45.2 Å². The van der Waals surface area contributed by atoms with Crippen LogP contribution < -0.4 is 5.32 Å². The summed E-state index contributed by atoms with van der Waals surface area (Å²) in [7, 11) is 0. The molecule has 2 rings (SSSR count). The highest BCUT2D eigenvalue weighted by molar-refractivity contribution is 5.92. The quantitative estimate of drug-likeness (QED) is 0.880. The van der Waals surface area contributed by atoms with Gasteiger partial charge in [-0.05, 0) is 37.9 Å². The van der Waals surface area contributed by atoms with Gasteiger partial charge < -0.3 is 10.2 Å². The van der Waals surface area contributed by atoms with Crippen molar-refractivity contribution >= 4 is 5.91 Å². The molecule has 0 aromatic carbocycles. The molecule has 0 radical (unpaired) electrons. The largest absolute Gasteiger partial charge is 0.333 e. The second kappa shape index (κ2) is 6.50. The molecule has 0 aliphatic carbocycles. The Morgan fingerprint density at radius 2 is 2.44 bits per heavy atom. The van der Waals surface area contributed by atoms with E-state index in [0.29, 0.717) is 11.7 Å². The normalized spacial score (nSPS) is 19.5. The molecule has 1 aromatic rings. The average molecular weight is 247 g/mol. The summed E-state index contributed by atoms with van der Waals surface area (Å²) in [6, 6.07) is 5.81. The van der Waals surface area contributed by atoms with Crippen molar-refractivity contribution in [2.24, 2.45) is 0 Å². The number of hydrogen-bond donors (Lipinski definition) is 1. The molecule has 2 heterocycles. The Morgan fingerprint density at radius 3 is 3.06 bits per heavy atom. The van der Waals surface area contributed by atoms with Gasteiger partial charge in [-0.1, -0.05) is 13.0 Å². The minimum Gasteiger partial charge on any atom is -0.333 e. The molecule has 0 bridgehead atoms. The molecule has 1 aliphatic rings. The second-order valence-electron chi connectivity index (χ2n) is 4.71. The minimum absolute atomic E-state index is 0.0613. The first-order chi connectivity index (χ1) is 8.83. The van der Waals surface area contributed by atoms with Gasteiger partial charge in [0.15, 0.2) is 0 Å². The molecule has 1 atom stereocenters. The van der Waals surface area contributed by atoms with Crippen molar-refractivity contribution in [1.82, 2.24) is 15.2 Å². The van der Waals surface area contributed by atoms with Crippen molar-refractivity contribution in [2.75, 3.05) is 19.6 Å². The summed E-state index contributed by atoms with van der Waals surface area (Å²) < 4.78 is 0. The number of carbonyl (C=O) groups excluding carboxylic acids is 1. The summed E-state index contributed by atoms with van der Waals surface area (Å²) in [5.74, 6) is 0.0613. The summed E-state index contributed by atoms with van der Waals surface area (Å²) in [6.45, 7) is 4.88. The molecule has 1 aliphatic heterocycles. The van der Waals surface area contributed by atoms with E-state index in [1.807, 2.05) is 17.0 Å². The molecule has 4 nitrogen and oxygen atoms in total. The van der Waals surface area contributed by atoms with E-state index < -0.39 is 0 Å². The van der Waals surface area contributed by atoms with Crippen LogP contribution >= 0.6 is 0 Å². The third kappa shape index (κ3) is 3.07. The number of piperidine rings is 1. The van der Waals surface area contributed by atoms with Crippen LogP contribution in [0.2, 0.25) is 0 Å². The van der Waals surface area contributed by atoms with Crippen molar-refractivity contribution in [2.45, 2.75) is 32.2 Å². The van der Waals surface area contributed by atoms with Crippen molar-refractivity contribution in [3.05, 3.63) is 30.1 Å². The van der Waals surface area contributed by atoms with E-state index in [2.05, 4.69) is 17.2 Å². The molecule has 1 unspecified atom stereocenters. The zero-order valence-corrected chi connectivity index (χ0v) is 10.9. The van der Waals surface area contributed by atoms with Crippen molar-refractivity contribution in [3.63, 3.8) is 0 Å². The maximum atomic E-state index is 12.5. The Bertz CT molecular complexity index is 374. The van der Waals surface area contributed by atoms with E-state index in [1.165, 1.54) is 0 Å². The lowest BCUT2D eigenvalue weighted by molar-refractivity contribution is 0.0643. The SMILES string of the molecule is CCCN(C(=O)c1ccccn1)C1CCCNC1. The van der Waals surface area contributed by atoms with Crippen LogP contribution in [-0.4, -0.2) is 41.5 Å². The summed E-state index contributed by atoms with van der Waals surface area (Å²) >= 11 is 0. The van der Waals surface area contributed by atoms with Gasteiger partial charge in [0, 0.05) is 25.3 Å². The Kier molecular flexibility index (Phi) is 4.70. The molecule has 18 heavy (non-hydrogen) atoms. The predicted molar refractivity (Wildman–Crippen MR) is 71.5 cm³/mol. The number of nitrogens with one attached hydrogen (secondary N) is 1. The van der Waals surface area contributed by atoms with Crippen molar-refractivity contribution in [3.8, 4) is 0 Å². The zero-order chi connectivity index (χ0) is 12.8. The number of aromatic nitrogens is 1. The van der Waals surface area contributed by atoms with Crippen molar-refractivity contribution in [1.29, 1.82) is 0 Å². The summed E-state index contributed by atoms with van der Waals surface area (Å²) in [6.07, 6.45) is 4.89. The fraction of sp³-hybridized carbons (Fsp3) is 0.571. The Hall–Kier alpha value is -1.42. The van der Waals surface area contributed by atoms with E-state index in [9.17, 15) is 4.79 Å². The highest BCUT2D eigenvalue weighted by atomic mass is 16.2. The van der Waals surface area contributed by atoms with E-state index in [-0.39, 0.29) is 5.91 Å². The molecular weight excluding hydrogens is 226 g/mol.